The van der Waals surface area contributed by atoms with E-state index in [1.165, 1.54) is 0 Å². The molecule has 21 heavy (non-hydrogen) atoms. The summed E-state index contributed by atoms with van der Waals surface area (Å²) >= 11 is 0. The number of alkyl halides is 2. The summed E-state index contributed by atoms with van der Waals surface area (Å²) in [6.45, 7) is 2.44. The van der Waals surface area contributed by atoms with Gasteiger partial charge in [-0.05, 0) is 0 Å². The maximum absolute atomic E-state index is 12.8. The summed E-state index contributed by atoms with van der Waals surface area (Å²) in [5, 5.41) is 32.2. The van der Waals surface area contributed by atoms with Gasteiger partial charge in [-0.3, -0.25) is 4.90 Å². The van der Waals surface area contributed by atoms with Gasteiger partial charge in [-0.2, -0.15) is 0 Å². The van der Waals surface area contributed by atoms with Crippen LogP contribution in [0.1, 0.15) is 18.0 Å². The lowest BCUT2D eigenvalue weighted by molar-refractivity contribution is 0.0719. The number of aromatic hydroxyl groups is 3. The van der Waals surface area contributed by atoms with Crippen LogP contribution in [-0.4, -0.2) is 52.8 Å². The molecule has 0 aliphatic carbocycles. The van der Waals surface area contributed by atoms with Crippen LogP contribution in [0.15, 0.2) is 12.1 Å². The molecule has 1 aliphatic heterocycles. The molecule has 0 bridgehead atoms. The van der Waals surface area contributed by atoms with Crippen molar-refractivity contribution in [3.8, 4) is 17.2 Å². The molecule has 1 aromatic rings. The van der Waals surface area contributed by atoms with Crippen molar-refractivity contribution in [2.75, 3.05) is 26.2 Å². The van der Waals surface area contributed by atoms with Gasteiger partial charge in [-0.15, -0.1) is 12.4 Å². The lowest BCUT2D eigenvalue weighted by atomic mass is 9.98. The van der Waals surface area contributed by atoms with Crippen molar-refractivity contribution >= 4 is 12.4 Å². The van der Waals surface area contributed by atoms with Gasteiger partial charge in [0, 0.05) is 50.8 Å². The van der Waals surface area contributed by atoms with Crippen LogP contribution in [0.25, 0.3) is 0 Å². The van der Waals surface area contributed by atoms with Gasteiger partial charge in [-0.25, -0.2) is 8.78 Å². The van der Waals surface area contributed by atoms with Gasteiger partial charge in [0.1, 0.15) is 17.2 Å². The Kier molecular flexibility index (Phi) is 6.44. The number of nitrogens with zero attached hydrogens (tertiary/aromatic N) is 1. The number of hydrogen-bond acceptors (Lipinski definition) is 5. The molecule has 0 amide bonds. The average Bonchev–Trinajstić information content (AvgIpc) is 2.37. The van der Waals surface area contributed by atoms with Gasteiger partial charge in [0.15, 0.2) is 0 Å². The second-order valence-corrected chi connectivity index (χ2v) is 4.83. The normalized spacial score (nSPS) is 17.5. The zero-order chi connectivity index (χ0) is 14.7. The molecule has 0 spiro atoms. The lowest BCUT2D eigenvalue weighted by Gasteiger charge is -2.35. The predicted octanol–water partition coefficient (Wildman–Crippen LogP) is 1.83. The highest BCUT2D eigenvalue weighted by atomic mass is 35.5. The molecule has 1 aliphatic rings. The van der Waals surface area contributed by atoms with Crippen molar-refractivity contribution in [1.82, 2.24) is 10.2 Å². The van der Waals surface area contributed by atoms with Crippen molar-refractivity contribution in [1.29, 1.82) is 0 Å². The van der Waals surface area contributed by atoms with E-state index in [1.54, 1.807) is 4.90 Å². The number of benzene rings is 1. The highest BCUT2D eigenvalue weighted by Crippen LogP contribution is 2.41. The summed E-state index contributed by atoms with van der Waals surface area (Å²) in [5.41, 5.74) is 0.0463. The first-order valence-electron chi connectivity index (χ1n) is 6.46. The molecule has 0 unspecified atom stereocenters. The van der Waals surface area contributed by atoms with Crippen LogP contribution >= 0.6 is 12.4 Å². The molecule has 2 rings (SSSR count). The minimum atomic E-state index is -2.55. The molecule has 1 heterocycles. The SMILES string of the molecule is Cl.Oc1cc(O)c([C@@H](CC(F)F)N2CCNCC2)c(O)c1. The molecule has 1 atom stereocenters. The first kappa shape index (κ1) is 17.7. The number of nitrogens with one attached hydrogen (secondary N) is 1. The van der Waals surface area contributed by atoms with Crippen LogP contribution < -0.4 is 5.32 Å². The third kappa shape index (κ3) is 4.33. The minimum absolute atomic E-state index is 0. The van der Waals surface area contributed by atoms with E-state index in [2.05, 4.69) is 5.32 Å². The summed E-state index contributed by atoms with van der Waals surface area (Å²) in [6, 6.07) is 1.32. The molecule has 1 saturated heterocycles. The summed E-state index contributed by atoms with van der Waals surface area (Å²) < 4.78 is 25.6. The van der Waals surface area contributed by atoms with Crippen molar-refractivity contribution in [2.24, 2.45) is 0 Å². The fourth-order valence-electron chi connectivity index (χ4n) is 2.56. The maximum Gasteiger partial charge on any atom is 0.240 e. The lowest BCUT2D eigenvalue weighted by Crippen LogP contribution is -2.45. The number of rotatable bonds is 4. The number of piperazine rings is 1. The van der Waals surface area contributed by atoms with E-state index in [1.807, 2.05) is 0 Å². The first-order valence-corrected chi connectivity index (χ1v) is 6.46. The van der Waals surface area contributed by atoms with Gasteiger partial charge in [0.25, 0.3) is 0 Å². The Bertz CT molecular complexity index is 448. The molecular formula is C13H19ClF2N2O3. The fraction of sp³-hybridized carbons (Fsp3) is 0.538. The van der Waals surface area contributed by atoms with E-state index in [0.29, 0.717) is 26.2 Å². The van der Waals surface area contributed by atoms with E-state index in [4.69, 9.17) is 0 Å². The quantitative estimate of drug-likeness (QED) is 0.680. The summed E-state index contributed by atoms with van der Waals surface area (Å²) in [5.74, 6) is -1.04. The van der Waals surface area contributed by atoms with Crippen molar-refractivity contribution in [3.63, 3.8) is 0 Å². The Balaban J connectivity index is 0.00000220. The number of hydrogen-bond donors (Lipinski definition) is 4. The largest absolute Gasteiger partial charge is 0.508 e. The van der Waals surface area contributed by atoms with Crippen LogP contribution in [0.3, 0.4) is 0 Å². The molecule has 0 saturated carbocycles. The van der Waals surface area contributed by atoms with Crippen LogP contribution in [-0.2, 0) is 0 Å². The van der Waals surface area contributed by atoms with Gasteiger partial charge in [0.05, 0.1) is 5.56 Å². The Morgan fingerprint density at radius 3 is 2.10 bits per heavy atom. The van der Waals surface area contributed by atoms with Crippen molar-refractivity contribution in [2.45, 2.75) is 18.9 Å². The highest BCUT2D eigenvalue weighted by molar-refractivity contribution is 5.85. The second kappa shape index (κ2) is 7.63. The zero-order valence-electron chi connectivity index (χ0n) is 11.3. The van der Waals surface area contributed by atoms with Crippen molar-refractivity contribution in [3.05, 3.63) is 17.7 Å². The number of phenolic OH excluding ortho intramolecular Hbond substituents is 3. The summed E-state index contributed by atoms with van der Waals surface area (Å²) in [7, 11) is 0. The molecule has 0 radical (unpaired) electrons. The first-order chi connectivity index (χ1) is 9.49. The Morgan fingerprint density at radius 1 is 1.10 bits per heavy atom. The molecule has 1 aromatic carbocycles. The molecule has 5 nitrogen and oxygen atoms in total. The summed E-state index contributed by atoms with van der Waals surface area (Å²) in [6.07, 6.45) is -3.03. The highest BCUT2D eigenvalue weighted by Gasteiger charge is 2.30. The topological polar surface area (TPSA) is 76.0 Å². The van der Waals surface area contributed by atoms with Gasteiger partial charge in [-0.1, -0.05) is 0 Å². The van der Waals surface area contributed by atoms with E-state index >= 15 is 0 Å². The second-order valence-electron chi connectivity index (χ2n) is 4.83. The van der Waals surface area contributed by atoms with E-state index < -0.39 is 18.9 Å². The van der Waals surface area contributed by atoms with E-state index in [0.717, 1.165) is 12.1 Å². The number of phenols is 3. The Hall–Kier alpha value is -1.31. The molecule has 0 aromatic heterocycles. The number of halogens is 3. The third-order valence-electron chi connectivity index (χ3n) is 3.45. The smallest absolute Gasteiger partial charge is 0.240 e. The van der Waals surface area contributed by atoms with E-state index in [-0.39, 0.29) is 35.2 Å². The van der Waals surface area contributed by atoms with Gasteiger partial charge >= 0.3 is 0 Å². The Morgan fingerprint density at radius 2 is 1.62 bits per heavy atom. The predicted molar refractivity (Wildman–Crippen MR) is 76.5 cm³/mol. The van der Waals surface area contributed by atoms with Crippen LogP contribution in [0.2, 0.25) is 0 Å². The molecular weight excluding hydrogens is 306 g/mol. The molecule has 8 heteroatoms. The standard InChI is InChI=1S/C13H18F2N2O3.ClH/c14-12(15)7-9(17-3-1-16-2-4-17)13-10(19)5-8(18)6-11(13)20;/h5-6,9,12,16,18-20H,1-4,7H2;1H/t9-;/m1./s1. The van der Waals surface area contributed by atoms with Crippen LogP contribution in [0.5, 0.6) is 17.2 Å². The van der Waals surface area contributed by atoms with Crippen LogP contribution in [0.4, 0.5) is 8.78 Å². The van der Waals surface area contributed by atoms with Gasteiger partial charge in [0.2, 0.25) is 6.43 Å². The average molecular weight is 325 g/mol. The Labute approximate surface area is 127 Å². The van der Waals surface area contributed by atoms with Gasteiger partial charge < -0.3 is 20.6 Å². The zero-order valence-corrected chi connectivity index (χ0v) is 12.1. The van der Waals surface area contributed by atoms with E-state index in [9.17, 15) is 24.1 Å². The fourth-order valence-corrected chi connectivity index (χ4v) is 2.56. The monoisotopic (exact) mass is 324 g/mol. The van der Waals surface area contributed by atoms with Crippen molar-refractivity contribution < 1.29 is 24.1 Å². The summed E-state index contributed by atoms with van der Waals surface area (Å²) in [4.78, 5) is 1.80. The molecule has 4 N–H and O–H groups in total. The molecule has 1 fully saturated rings. The maximum atomic E-state index is 12.8. The molecule has 120 valence electrons. The minimum Gasteiger partial charge on any atom is -0.508 e. The van der Waals surface area contributed by atoms with Crippen LogP contribution in [0, 0.1) is 0 Å². The third-order valence-corrected chi connectivity index (χ3v) is 3.45.